The summed E-state index contributed by atoms with van der Waals surface area (Å²) in [6.07, 6.45) is 0. The van der Waals surface area contributed by atoms with Crippen molar-refractivity contribution in [2.75, 3.05) is 14.2 Å². The molecule has 1 fully saturated rings. The summed E-state index contributed by atoms with van der Waals surface area (Å²) in [6, 6.07) is 20.1. The summed E-state index contributed by atoms with van der Waals surface area (Å²) in [5.41, 5.74) is 3.03. The Morgan fingerprint density at radius 1 is 0.943 bits per heavy atom. The Morgan fingerprint density at radius 3 is 2.26 bits per heavy atom. The van der Waals surface area contributed by atoms with E-state index in [0.717, 1.165) is 16.7 Å². The molecule has 1 saturated heterocycles. The number of para-hydroxylation sites is 1. The van der Waals surface area contributed by atoms with Crippen LogP contribution in [0.25, 0.3) is 5.76 Å². The molecule has 1 unspecified atom stereocenters. The second-order valence-corrected chi connectivity index (χ2v) is 8.17. The van der Waals surface area contributed by atoms with Gasteiger partial charge in [0.05, 0.1) is 37.0 Å². The van der Waals surface area contributed by atoms with Gasteiger partial charge < -0.3 is 19.5 Å². The van der Waals surface area contributed by atoms with Gasteiger partial charge in [-0.1, -0.05) is 48.5 Å². The van der Waals surface area contributed by atoms with Gasteiger partial charge in [-0.2, -0.15) is 0 Å². The van der Waals surface area contributed by atoms with Crippen LogP contribution in [0, 0.1) is 6.92 Å². The molecule has 0 bridgehead atoms. The summed E-state index contributed by atoms with van der Waals surface area (Å²) in [6.45, 7) is 2.00. The number of esters is 1. The number of ketones is 1. The zero-order valence-electron chi connectivity index (χ0n) is 19.6. The van der Waals surface area contributed by atoms with Gasteiger partial charge in [0.2, 0.25) is 0 Å². The molecule has 3 aromatic carbocycles. The van der Waals surface area contributed by atoms with E-state index in [2.05, 4.69) is 0 Å². The molecule has 0 aliphatic carbocycles. The number of nitrogens with zero attached hydrogens (tertiary/aromatic N) is 1. The number of ether oxygens (including phenoxy) is 2. The first-order valence-electron chi connectivity index (χ1n) is 11.0. The Kier molecular flexibility index (Phi) is 6.68. The number of aryl methyl sites for hydroxylation is 1. The van der Waals surface area contributed by atoms with E-state index in [1.165, 1.54) is 19.1 Å². The normalized spacial score (nSPS) is 16.9. The molecule has 1 aliphatic heterocycles. The zero-order chi connectivity index (χ0) is 25.1. The van der Waals surface area contributed by atoms with E-state index in [-0.39, 0.29) is 17.9 Å². The Balaban J connectivity index is 1.84. The maximum absolute atomic E-state index is 13.3. The third-order valence-electron chi connectivity index (χ3n) is 6.11. The molecule has 3 aromatic rings. The van der Waals surface area contributed by atoms with Crippen molar-refractivity contribution in [3.05, 3.63) is 106 Å². The largest absolute Gasteiger partial charge is 0.507 e. The van der Waals surface area contributed by atoms with Crippen LogP contribution in [0.1, 0.15) is 38.7 Å². The predicted octanol–water partition coefficient (Wildman–Crippen LogP) is 4.41. The van der Waals surface area contributed by atoms with E-state index in [4.69, 9.17) is 9.47 Å². The van der Waals surface area contributed by atoms with Crippen LogP contribution in [0.3, 0.4) is 0 Å². The number of benzene rings is 3. The van der Waals surface area contributed by atoms with Gasteiger partial charge in [-0.3, -0.25) is 9.59 Å². The van der Waals surface area contributed by atoms with Gasteiger partial charge in [-0.15, -0.1) is 0 Å². The number of Topliss-reactive ketones (excluding diaryl/α,β-unsaturated/α-hetero) is 1. The molecule has 1 aliphatic rings. The Labute approximate surface area is 203 Å². The standard InChI is InChI=1S/C28H25NO6/c1-17-8-4-5-9-20(17)24-23(25(30)21-10-6-7-11-22(21)34-2)26(31)27(32)29(24)16-18-12-14-19(15-13-18)28(33)35-3/h4-15,24,30H,16H2,1-3H3/b25-23+. The zero-order valence-corrected chi connectivity index (χ0v) is 19.6. The Bertz CT molecular complexity index is 1330. The fourth-order valence-corrected chi connectivity index (χ4v) is 4.31. The molecule has 0 radical (unpaired) electrons. The maximum atomic E-state index is 13.3. The van der Waals surface area contributed by atoms with Gasteiger partial charge in [0, 0.05) is 6.54 Å². The lowest BCUT2D eigenvalue weighted by molar-refractivity contribution is -0.140. The minimum Gasteiger partial charge on any atom is -0.507 e. The van der Waals surface area contributed by atoms with Gasteiger partial charge in [0.15, 0.2) is 0 Å². The summed E-state index contributed by atoms with van der Waals surface area (Å²) < 4.78 is 10.1. The molecule has 1 atom stereocenters. The average molecular weight is 472 g/mol. The van der Waals surface area contributed by atoms with E-state index in [9.17, 15) is 19.5 Å². The molecule has 4 rings (SSSR count). The molecule has 1 amide bonds. The first-order chi connectivity index (χ1) is 16.9. The third kappa shape index (κ3) is 4.40. The highest BCUT2D eigenvalue weighted by atomic mass is 16.5. The number of methoxy groups -OCH3 is 2. The van der Waals surface area contributed by atoms with Gasteiger partial charge in [-0.25, -0.2) is 4.79 Å². The van der Waals surface area contributed by atoms with Crippen LogP contribution in [0.5, 0.6) is 5.75 Å². The Morgan fingerprint density at radius 2 is 1.60 bits per heavy atom. The molecule has 0 saturated carbocycles. The molecule has 0 aromatic heterocycles. The fraction of sp³-hybridized carbons (Fsp3) is 0.179. The smallest absolute Gasteiger partial charge is 0.337 e. The first kappa shape index (κ1) is 23.8. The quantitative estimate of drug-likeness (QED) is 0.248. The summed E-state index contributed by atoms with van der Waals surface area (Å²) >= 11 is 0. The van der Waals surface area contributed by atoms with Crippen molar-refractivity contribution in [2.45, 2.75) is 19.5 Å². The molecule has 178 valence electrons. The predicted molar refractivity (Wildman–Crippen MR) is 130 cm³/mol. The van der Waals surface area contributed by atoms with Crippen molar-refractivity contribution in [3.63, 3.8) is 0 Å². The SMILES string of the molecule is COC(=O)c1ccc(CN2C(=O)C(=O)/C(=C(/O)c3ccccc3OC)C2c2ccccc2C)cc1. The third-order valence-corrected chi connectivity index (χ3v) is 6.11. The van der Waals surface area contributed by atoms with E-state index in [0.29, 0.717) is 16.9 Å². The van der Waals surface area contributed by atoms with Crippen LogP contribution in [0.2, 0.25) is 0 Å². The summed E-state index contributed by atoms with van der Waals surface area (Å²) in [5.74, 6) is -1.86. The molecule has 0 spiro atoms. The summed E-state index contributed by atoms with van der Waals surface area (Å²) in [4.78, 5) is 39.8. The van der Waals surface area contributed by atoms with Crippen LogP contribution in [0.4, 0.5) is 0 Å². The molecular weight excluding hydrogens is 446 g/mol. The fourth-order valence-electron chi connectivity index (χ4n) is 4.31. The second kappa shape index (κ2) is 9.85. The van der Waals surface area contributed by atoms with Crippen molar-refractivity contribution in [3.8, 4) is 5.75 Å². The number of hydrogen-bond acceptors (Lipinski definition) is 6. The molecular formula is C28H25NO6. The second-order valence-electron chi connectivity index (χ2n) is 8.17. The van der Waals surface area contributed by atoms with Gasteiger partial charge in [0.25, 0.3) is 11.7 Å². The van der Waals surface area contributed by atoms with E-state index >= 15 is 0 Å². The lowest BCUT2D eigenvalue weighted by Crippen LogP contribution is -2.29. The topological polar surface area (TPSA) is 93.1 Å². The van der Waals surface area contributed by atoms with Crippen molar-refractivity contribution >= 4 is 23.4 Å². The number of amides is 1. The van der Waals surface area contributed by atoms with Crippen LogP contribution >= 0.6 is 0 Å². The molecule has 7 nitrogen and oxygen atoms in total. The van der Waals surface area contributed by atoms with E-state index < -0.39 is 23.7 Å². The van der Waals surface area contributed by atoms with Crippen LogP contribution in [-0.2, 0) is 20.9 Å². The summed E-state index contributed by atoms with van der Waals surface area (Å²) in [7, 11) is 2.78. The molecule has 1 N–H and O–H groups in total. The molecule has 35 heavy (non-hydrogen) atoms. The number of likely N-dealkylation sites (tertiary alicyclic amines) is 1. The Hall–Kier alpha value is -4.39. The van der Waals surface area contributed by atoms with Gasteiger partial charge in [0.1, 0.15) is 11.5 Å². The van der Waals surface area contributed by atoms with E-state index in [1.807, 2.05) is 31.2 Å². The lowest BCUT2D eigenvalue weighted by Gasteiger charge is -2.27. The van der Waals surface area contributed by atoms with Crippen molar-refractivity contribution in [2.24, 2.45) is 0 Å². The molecule has 1 heterocycles. The number of aliphatic hydroxyl groups is 1. The first-order valence-corrected chi connectivity index (χ1v) is 11.0. The minimum absolute atomic E-state index is 0.0000177. The van der Waals surface area contributed by atoms with Crippen molar-refractivity contribution in [1.29, 1.82) is 0 Å². The number of carbonyl (C=O) groups excluding carboxylic acids is 3. The average Bonchev–Trinajstić information content (AvgIpc) is 3.13. The highest BCUT2D eigenvalue weighted by Gasteiger charge is 2.46. The molecule has 7 heteroatoms. The minimum atomic E-state index is -0.804. The number of hydrogen-bond donors (Lipinski definition) is 1. The van der Waals surface area contributed by atoms with Crippen molar-refractivity contribution < 1.29 is 29.0 Å². The van der Waals surface area contributed by atoms with E-state index in [1.54, 1.807) is 48.5 Å². The van der Waals surface area contributed by atoms with Crippen molar-refractivity contribution in [1.82, 2.24) is 4.90 Å². The van der Waals surface area contributed by atoms with Crippen LogP contribution in [-0.4, -0.2) is 41.9 Å². The van der Waals surface area contributed by atoms with Crippen LogP contribution < -0.4 is 4.74 Å². The summed E-state index contributed by atoms with van der Waals surface area (Å²) in [5, 5.41) is 11.3. The van der Waals surface area contributed by atoms with Gasteiger partial charge in [-0.05, 0) is 47.9 Å². The number of carbonyl (C=O) groups is 3. The number of aliphatic hydroxyl groups excluding tert-OH is 1. The monoisotopic (exact) mass is 471 g/mol. The van der Waals surface area contributed by atoms with Crippen LogP contribution in [0.15, 0.2) is 78.4 Å². The maximum Gasteiger partial charge on any atom is 0.337 e. The highest BCUT2D eigenvalue weighted by molar-refractivity contribution is 6.46. The number of rotatable bonds is 6. The highest BCUT2D eigenvalue weighted by Crippen LogP contribution is 2.42. The van der Waals surface area contributed by atoms with Gasteiger partial charge >= 0.3 is 5.97 Å². The lowest BCUT2D eigenvalue weighted by atomic mass is 9.92.